The molecule has 1 aromatic carbocycles. The number of ether oxygens (including phenoxy) is 1. The van der Waals surface area contributed by atoms with Gasteiger partial charge in [0, 0.05) is 13.0 Å². The number of amides is 2. The number of phosphoric acid groups is 1. The van der Waals surface area contributed by atoms with Crippen LogP contribution in [0.25, 0.3) is 11.2 Å². The number of nitrogens with zero attached hydrogens (tertiary/aromatic N) is 3. The number of aromatic amines is 1. The first kappa shape index (κ1) is 36.5. The van der Waals surface area contributed by atoms with Gasteiger partial charge in [0.1, 0.15) is 18.4 Å². The van der Waals surface area contributed by atoms with Crippen LogP contribution in [0, 0.1) is 0 Å². The van der Waals surface area contributed by atoms with E-state index in [1.54, 1.807) is 11.8 Å². The smallest absolute Gasteiger partial charge is 0.390 e. The Balaban J connectivity index is 1.10. The lowest BCUT2D eigenvalue weighted by Crippen LogP contribution is -2.47. The standard InChI is InChI=1S/C29H42N7O9PS/c1-47-14-11-20(33-23(38)15-19-9-5-4-6-10-19)27(39)31-12-7-2-3-8-13-43-46(41,42)44-17-22-21(37)16-24(45-22)36-18-32-25-26(36)34-29(30)35-28(25)40/h4-6,9-10,18,20-22,24,37H,2-3,7-8,11-17H2,1H3,(H,31,39)(H,33,38)(H,41,42)(H3,30,34,35,40)/t20-,21-,22+,24+/m0/s1. The quantitative estimate of drug-likeness (QED) is 0.0774. The Hall–Kier alpha value is -3.31. The van der Waals surface area contributed by atoms with Gasteiger partial charge in [-0.25, -0.2) is 9.55 Å². The molecule has 5 atom stereocenters. The number of aromatic nitrogens is 4. The van der Waals surface area contributed by atoms with E-state index < -0.39 is 44.5 Å². The predicted molar refractivity (Wildman–Crippen MR) is 175 cm³/mol. The molecular weight excluding hydrogens is 653 g/mol. The summed E-state index contributed by atoms with van der Waals surface area (Å²) in [4.78, 5) is 57.8. The zero-order valence-corrected chi connectivity index (χ0v) is 27.8. The van der Waals surface area contributed by atoms with Gasteiger partial charge in [-0.1, -0.05) is 43.2 Å². The number of aliphatic hydroxyl groups excluding tert-OH is 1. The Morgan fingerprint density at radius 1 is 1.23 bits per heavy atom. The van der Waals surface area contributed by atoms with Gasteiger partial charge < -0.3 is 31.1 Å². The van der Waals surface area contributed by atoms with Gasteiger partial charge in [0.15, 0.2) is 11.2 Å². The first-order valence-corrected chi connectivity index (χ1v) is 18.2. The van der Waals surface area contributed by atoms with E-state index in [-0.39, 0.29) is 48.4 Å². The number of aliphatic hydroxyl groups is 1. The van der Waals surface area contributed by atoms with Gasteiger partial charge in [-0.05, 0) is 36.8 Å². The molecule has 3 aromatic rings. The number of unbranched alkanes of at least 4 members (excludes halogenated alkanes) is 3. The second-order valence-corrected chi connectivity index (χ2v) is 13.5. The number of benzene rings is 1. The number of nitrogens with one attached hydrogen (secondary N) is 3. The molecule has 1 saturated heterocycles. The summed E-state index contributed by atoms with van der Waals surface area (Å²) in [5, 5.41) is 16.2. The SMILES string of the molecule is CSCC[C@H](NC(=O)Cc1ccccc1)C(=O)NCCCCCCOP(=O)(O)OC[C@H]1O[C@@H](n2cnc3c(=O)[nH]c(N)nc32)C[C@@H]1O. The maximum atomic E-state index is 12.7. The summed E-state index contributed by atoms with van der Waals surface area (Å²) >= 11 is 1.60. The summed E-state index contributed by atoms with van der Waals surface area (Å²) < 4.78 is 29.8. The van der Waals surface area contributed by atoms with Crippen LogP contribution in [-0.2, 0) is 34.4 Å². The molecule has 1 fully saturated rings. The fourth-order valence-corrected chi connectivity index (χ4v) is 6.26. The molecule has 47 heavy (non-hydrogen) atoms. The fraction of sp³-hybridized carbons (Fsp3) is 0.552. The number of hydrogen-bond donors (Lipinski definition) is 6. The number of thioether (sulfide) groups is 1. The molecule has 0 spiro atoms. The highest BCUT2D eigenvalue weighted by atomic mass is 32.2. The minimum atomic E-state index is -4.41. The third-order valence-electron chi connectivity index (χ3n) is 7.46. The number of fused-ring (bicyclic) bond motifs is 1. The molecule has 1 unspecified atom stereocenters. The molecule has 2 aromatic heterocycles. The van der Waals surface area contributed by atoms with Gasteiger partial charge in [-0.3, -0.25) is 33.0 Å². The maximum Gasteiger partial charge on any atom is 0.472 e. The molecule has 0 bridgehead atoms. The minimum Gasteiger partial charge on any atom is -0.390 e. The number of carbonyl (C=O) groups is 2. The highest BCUT2D eigenvalue weighted by Crippen LogP contribution is 2.44. The molecule has 0 radical (unpaired) electrons. The van der Waals surface area contributed by atoms with E-state index in [4.69, 9.17) is 19.5 Å². The highest BCUT2D eigenvalue weighted by molar-refractivity contribution is 7.98. The molecule has 2 amide bonds. The Bertz CT molecular complexity index is 1570. The van der Waals surface area contributed by atoms with Crippen LogP contribution in [0.1, 0.15) is 50.3 Å². The first-order valence-electron chi connectivity index (χ1n) is 15.3. The molecule has 0 saturated carbocycles. The normalized spacial score (nSPS) is 19.8. The Labute approximate surface area is 275 Å². The predicted octanol–water partition coefficient (Wildman–Crippen LogP) is 1.64. The van der Waals surface area contributed by atoms with E-state index in [1.807, 2.05) is 36.6 Å². The van der Waals surface area contributed by atoms with Crippen LogP contribution in [-0.4, -0.2) is 91.4 Å². The number of nitrogens with two attached hydrogens (primary N) is 1. The Morgan fingerprint density at radius 2 is 2.00 bits per heavy atom. The molecule has 1 aliphatic heterocycles. The van der Waals surface area contributed by atoms with Crippen molar-refractivity contribution < 1.29 is 37.9 Å². The van der Waals surface area contributed by atoms with Gasteiger partial charge in [0.05, 0.1) is 32.1 Å². The van der Waals surface area contributed by atoms with Crippen molar-refractivity contribution in [3.63, 3.8) is 0 Å². The first-order chi connectivity index (χ1) is 22.6. The summed E-state index contributed by atoms with van der Waals surface area (Å²) in [6, 6.07) is 8.74. The lowest BCUT2D eigenvalue weighted by molar-refractivity contribution is -0.128. The van der Waals surface area contributed by atoms with E-state index in [1.165, 1.54) is 10.9 Å². The van der Waals surface area contributed by atoms with Crippen LogP contribution in [0.4, 0.5) is 5.95 Å². The van der Waals surface area contributed by atoms with Crippen molar-refractivity contribution in [1.29, 1.82) is 0 Å². The summed E-state index contributed by atoms with van der Waals surface area (Å²) in [6.07, 6.45) is 4.02. The van der Waals surface area contributed by atoms with Crippen molar-refractivity contribution in [2.24, 2.45) is 0 Å². The zero-order chi connectivity index (χ0) is 33.8. The molecule has 1 aliphatic rings. The molecule has 7 N–H and O–H groups in total. The summed E-state index contributed by atoms with van der Waals surface area (Å²) in [7, 11) is -4.41. The minimum absolute atomic E-state index is 0.0241. The van der Waals surface area contributed by atoms with Crippen LogP contribution in [0.3, 0.4) is 0 Å². The lowest BCUT2D eigenvalue weighted by atomic mass is 10.1. The molecule has 4 rings (SSSR count). The number of rotatable bonds is 19. The van der Waals surface area contributed by atoms with E-state index in [0.717, 1.165) is 17.7 Å². The van der Waals surface area contributed by atoms with Crippen LogP contribution < -0.4 is 21.9 Å². The molecular formula is C29H42N7O9PS. The second kappa shape index (κ2) is 17.7. The second-order valence-electron chi connectivity index (χ2n) is 11.1. The number of anilines is 1. The number of carbonyl (C=O) groups excluding carboxylic acids is 2. The van der Waals surface area contributed by atoms with Crippen molar-refractivity contribution in [3.05, 3.63) is 52.6 Å². The van der Waals surface area contributed by atoms with Gasteiger partial charge in [-0.15, -0.1) is 0 Å². The summed E-state index contributed by atoms with van der Waals surface area (Å²) in [5.74, 6) is 0.209. The fourth-order valence-electron chi connectivity index (χ4n) is 5.02. The van der Waals surface area contributed by atoms with Gasteiger partial charge in [-0.2, -0.15) is 16.7 Å². The van der Waals surface area contributed by atoms with E-state index in [0.29, 0.717) is 32.2 Å². The van der Waals surface area contributed by atoms with Crippen LogP contribution in [0.5, 0.6) is 0 Å². The van der Waals surface area contributed by atoms with Gasteiger partial charge in [0.25, 0.3) is 5.56 Å². The van der Waals surface area contributed by atoms with Crippen molar-refractivity contribution >= 4 is 48.5 Å². The van der Waals surface area contributed by atoms with Crippen LogP contribution in [0.2, 0.25) is 0 Å². The van der Waals surface area contributed by atoms with Crippen molar-refractivity contribution in [3.8, 4) is 0 Å². The number of nitrogen functional groups attached to an aromatic ring is 1. The molecule has 18 heteroatoms. The van der Waals surface area contributed by atoms with Gasteiger partial charge in [0.2, 0.25) is 17.8 Å². The van der Waals surface area contributed by atoms with Crippen molar-refractivity contribution in [2.75, 3.05) is 37.5 Å². The largest absolute Gasteiger partial charge is 0.472 e. The number of imidazole rings is 1. The average molecular weight is 696 g/mol. The van der Waals surface area contributed by atoms with Crippen molar-refractivity contribution in [2.45, 2.75) is 69.4 Å². The van der Waals surface area contributed by atoms with E-state index in [2.05, 4.69) is 25.6 Å². The zero-order valence-electron chi connectivity index (χ0n) is 26.1. The number of phosphoric ester groups is 1. The average Bonchev–Trinajstić information content (AvgIpc) is 3.63. The summed E-state index contributed by atoms with van der Waals surface area (Å²) in [6.45, 7) is 0.00736. The van der Waals surface area contributed by atoms with Crippen LogP contribution in [0.15, 0.2) is 41.5 Å². The molecule has 16 nitrogen and oxygen atoms in total. The lowest BCUT2D eigenvalue weighted by Gasteiger charge is -2.18. The molecule has 0 aliphatic carbocycles. The number of H-pyrrole nitrogens is 1. The Kier molecular flexibility index (Phi) is 13.8. The monoisotopic (exact) mass is 695 g/mol. The van der Waals surface area contributed by atoms with E-state index in [9.17, 15) is 28.9 Å². The Morgan fingerprint density at radius 3 is 2.77 bits per heavy atom. The van der Waals surface area contributed by atoms with E-state index >= 15 is 0 Å². The number of hydrogen-bond acceptors (Lipinski definition) is 12. The third-order valence-corrected chi connectivity index (χ3v) is 9.09. The maximum absolute atomic E-state index is 12.7. The van der Waals surface area contributed by atoms with Crippen molar-refractivity contribution in [1.82, 2.24) is 30.2 Å². The van der Waals surface area contributed by atoms with Crippen LogP contribution >= 0.6 is 19.6 Å². The topological polar surface area (TPSA) is 233 Å². The molecule has 258 valence electrons. The third kappa shape index (κ3) is 11.1. The van der Waals surface area contributed by atoms with Gasteiger partial charge >= 0.3 is 7.82 Å². The summed E-state index contributed by atoms with van der Waals surface area (Å²) in [5.41, 5.74) is 6.24. The molecule has 3 heterocycles. The highest BCUT2D eigenvalue weighted by Gasteiger charge is 2.38.